The number of carbonyl (C=O) groups is 1. The predicted molar refractivity (Wildman–Crippen MR) is 273 cm³/mol. The van der Waals surface area contributed by atoms with Gasteiger partial charge in [-0.3, -0.25) is 4.79 Å². The third kappa shape index (κ3) is 48.3. The molecule has 0 heterocycles. The largest absolute Gasteiger partial charge is 0.394 e. The smallest absolute Gasteiger partial charge is 0.222 e. The SMILES string of the molecule is CCCCCCCCCCCCCC/C=C\CCCCCCCCC(O)CC(=O)NC(CO)C(O)/C=C/CCCCCCCCCCCCCCCCCCCCCCCCC. The molecule has 3 atom stereocenters. The van der Waals surface area contributed by atoms with Gasteiger partial charge in [0.1, 0.15) is 0 Å². The van der Waals surface area contributed by atoms with Gasteiger partial charge >= 0.3 is 0 Å². The van der Waals surface area contributed by atoms with E-state index in [1.165, 1.54) is 257 Å². The number of amides is 1. The molecule has 5 nitrogen and oxygen atoms in total. The van der Waals surface area contributed by atoms with Crippen molar-refractivity contribution in [2.24, 2.45) is 0 Å². The Labute approximate surface area is 388 Å². The van der Waals surface area contributed by atoms with E-state index in [-0.39, 0.29) is 18.9 Å². The summed E-state index contributed by atoms with van der Waals surface area (Å²) in [4.78, 5) is 12.5. The van der Waals surface area contributed by atoms with Crippen LogP contribution in [0.25, 0.3) is 0 Å². The minimum Gasteiger partial charge on any atom is -0.394 e. The number of aliphatic hydroxyl groups excluding tert-OH is 3. The van der Waals surface area contributed by atoms with Gasteiger partial charge in [0.2, 0.25) is 5.91 Å². The molecule has 0 rings (SSSR count). The van der Waals surface area contributed by atoms with Crippen LogP contribution in [0.2, 0.25) is 0 Å². The lowest BCUT2D eigenvalue weighted by Crippen LogP contribution is -2.45. The second-order valence-corrected chi connectivity index (χ2v) is 19.5. The molecule has 62 heavy (non-hydrogen) atoms. The molecule has 4 N–H and O–H groups in total. The summed E-state index contributed by atoms with van der Waals surface area (Å²) in [5.74, 6) is -0.314. The summed E-state index contributed by atoms with van der Waals surface area (Å²) in [5.41, 5.74) is 0. The van der Waals surface area contributed by atoms with Crippen LogP contribution in [0.3, 0.4) is 0 Å². The Morgan fingerprint density at radius 1 is 0.403 bits per heavy atom. The van der Waals surface area contributed by atoms with Gasteiger partial charge in [-0.15, -0.1) is 0 Å². The van der Waals surface area contributed by atoms with Gasteiger partial charge < -0.3 is 20.6 Å². The molecule has 0 aromatic rings. The molecule has 0 bridgehead atoms. The highest BCUT2D eigenvalue weighted by Crippen LogP contribution is 2.17. The van der Waals surface area contributed by atoms with Gasteiger partial charge in [0.05, 0.1) is 31.3 Å². The number of hydrogen-bond acceptors (Lipinski definition) is 4. The minimum atomic E-state index is -0.930. The average molecular weight is 875 g/mol. The highest BCUT2D eigenvalue weighted by molar-refractivity contribution is 5.76. The number of nitrogens with one attached hydrogen (secondary N) is 1. The Hall–Kier alpha value is -1.17. The molecule has 0 spiro atoms. The number of rotatable bonds is 52. The van der Waals surface area contributed by atoms with Crippen molar-refractivity contribution in [3.8, 4) is 0 Å². The zero-order chi connectivity index (χ0) is 45.1. The van der Waals surface area contributed by atoms with Gasteiger partial charge in [-0.25, -0.2) is 0 Å². The number of carbonyl (C=O) groups excluding carboxylic acids is 1. The lowest BCUT2D eigenvalue weighted by Gasteiger charge is -2.21. The van der Waals surface area contributed by atoms with Crippen LogP contribution in [0, 0.1) is 0 Å². The molecule has 1 amide bonds. The summed E-state index contributed by atoms with van der Waals surface area (Å²) in [7, 11) is 0. The van der Waals surface area contributed by atoms with E-state index in [2.05, 4.69) is 31.3 Å². The van der Waals surface area contributed by atoms with Crippen molar-refractivity contribution in [3.63, 3.8) is 0 Å². The standard InChI is InChI=1S/C57H111NO4/c1-3-5-7-9-11-13-15-17-19-21-23-25-27-28-29-31-33-35-37-39-41-43-45-47-49-51-56(61)55(53-59)58-57(62)52-54(60)50-48-46-44-42-40-38-36-34-32-30-26-24-22-20-18-16-14-12-10-8-6-4-2/h32,34,49,51,54-56,59-61H,3-31,33,35-48,50,52-53H2,1-2H3,(H,58,62)/b34-32-,51-49+. The van der Waals surface area contributed by atoms with E-state index in [0.717, 1.165) is 25.7 Å². The molecule has 0 aliphatic carbocycles. The number of allylic oxidation sites excluding steroid dienone is 3. The normalized spacial score (nSPS) is 13.4. The average Bonchev–Trinajstić information content (AvgIpc) is 3.27. The van der Waals surface area contributed by atoms with Gasteiger partial charge in [0.15, 0.2) is 0 Å². The van der Waals surface area contributed by atoms with Crippen LogP contribution in [-0.4, -0.2) is 46.1 Å². The van der Waals surface area contributed by atoms with Crippen LogP contribution in [0.4, 0.5) is 0 Å². The molecule has 0 aliphatic rings. The fourth-order valence-corrected chi connectivity index (χ4v) is 8.93. The van der Waals surface area contributed by atoms with Crippen molar-refractivity contribution in [2.45, 2.75) is 327 Å². The molecule has 0 fully saturated rings. The maximum absolute atomic E-state index is 12.5. The first kappa shape index (κ1) is 60.8. The van der Waals surface area contributed by atoms with Crippen molar-refractivity contribution in [1.82, 2.24) is 5.32 Å². The van der Waals surface area contributed by atoms with Crippen LogP contribution >= 0.6 is 0 Å². The Bertz CT molecular complexity index is 920. The summed E-state index contributed by atoms with van der Waals surface area (Å²) >= 11 is 0. The molecule has 0 aromatic heterocycles. The molecule has 0 aliphatic heterocycles. The maximum Gasteiger partial charge on any atom is 0.222 e. The Morgan fingerprint density at radius 2 is 0.677 bits per heavy atom. The van der Waals surface area contributed by atoms with Crippen LogP contribution in [0.15, 0.2) is 24.3 Å². The number of aliphatic hydroxyl groups is 3. The van der Waals surface area contributed by atoms with Gasteiger partial charge in [0.25, 0.3) is 0 Å². The summed E-state index contributed by atoms with van der Waals surface area (Å²) in [5, 5.41) is 33.5. The topological polar surface area (TPSA) is 89.8 Å². The Kier molecular flexibility index (Phi) is 51.5. The van der Waals surface area contributed by atoms with Gasteiger partial charge in [-0.1, -0.05) is 282 Å². The molecule has 0 radical (unpaired) electrons. The first-order chi connectivity index (χ1) is 30.5. The van der Waals surface area contributed by atoms with E-state index in [9.17, 15) is 20.1 Å². The summed E-state index contributed by atoms with van der Waals surface area (Å²) < 4.78 is 0. The van der Waals surface area contributed by atoms with Gasteiger partial charge in [-0.2, -0.15) is 0 Å². The maximum atomic E-state index is 12.5. The monoisotopic (exact) mass is 874 g/mol. The molecule has 0 saturated carbocycles. The van der Waals surface area contributed by atoms with E-state index in [0.29, 0.717) is 6.42 Å². The van der Waals surface area contributed by atoms with E-state index >= 15 is 0 Å². The van der Waals surface area contributed by atoms with Gasteiger partial charge in [-0.05, 0) is 44.9 Å². The summed E-state index contributed by atoms with van der Waals surface area (Å²) in [6.45, 7) is 4.25. The third-order valence-corrected chi connectivity index (χ3v) is 13.2. The second-order valence-electron chi connectivity index (χ2n) is 19.5. The van der Waals surface area contributed by atoms with Crippen molar-refractivity contribution < 1.29 is 20.1 Å². The van der Waals surface area contributed by atoms with E-state index in [4.69, 9.17) is 0 Å². The van der Waals surface area contributed by atoms with E-state index < -0.39 is 18.2 Å². The van der Waals surface area contributed by atoms with Crippen molar-refractivity contribution in [1.29, 1.82) is 0 Å². The van der Waals surface area contributed by atoms with Gasteiger partial charge in [0, 0.05) is 0 Å². The fourth-order valence-electron chi connectivity index (χ4n) is 8.93. The molecular weight excluding hydrogens is 763 g/mol. The molecule has 368 valence electrons. The highest BCUT2D eigenvalue weighted by atomic mass is 16.3. The quantitative estimate of drug-likeness (QED) is 0.0362. The highest BCUT2D eigenvalue weighted by Gasteiger charge is 2.20. The van der Waals surface area contributed by atoms with Crippen LogP contribution in [0.5, 0.6) is 0 Å². The Balaban J connectivity index is 3.57. The number of unbranched alkanes of at least 4 members (excludes halogenated alkanes) is 41. The Morgan fingerprint density at radius 3 is 0.984 bits per heavy atom. The molecule has 3 unspecified atom stereocenters. The first-order valence-corrected chi connectivity index (χ1v) is 28.1. The zero-order valence-electron chi connectivity index (χ0n) is 42.0. The molecule has 0 saturated heterocycles. The van der Waals surface area contributed by atoms with E-state index in [1.54, 1.807) is 6.08 Å². The van der Waals surface area contributed by atoms with Crippen molar-refractivity contribution >= 4 is 5.91 Å². The van der Waals surface area contributed by atoms with Crippen LogP contribution in [-0.2, 0) is 4.79 Å². The van der Waals surface area contributed by atoms with Crippen molar-refractivity contribution in [2.75, 3.05) is 6.61 Å². The molecule has 5 heteroatoms. The number of hydrogen-bond donors (Lipinski definition) is 4. The zero-order valence-corrected chi connectivity index (χ0v) is 42.0. The third-order valence-electron chi connectivity index (χ3n) is 13.2. The minimum absolute atomic E-state index is 0.0119. The molecule has 0 aromatic carbocycles. The second kappa shape index (κ2) is 52.5. The molecular formula is C57H111NO4. The van der Waals surface area contributed by atoms with Crippen LogP contribution in [0.1, 0.15) is 309 Å². The fraction of sp³-hybridized carbons (Fsp3) is 0.912. The lowest BCUT2D eigenvalue weighted by molar-refractivity contribution is -0.124. The van der Waals surface area contributed by atoms with E-state index in [1.807, 2.05) is 6.08 Å². The summed E-state index contributed by atoms with van der Waals surface area (Å²) in [6, 6.07) is -0.746. The van der Waals surface area contributed by atoms with Crippen molar-refractivity contribution in [3.05, 3.63) is 24.3 Å². The predicted octanol–water partition coefficient (Wildman–Crippen LogP) is 17.3. The van der Waals surface area contributed by atoms with Crippen LogP contribution < -0.4 is 5.32 Å². The lowest BCUT2D eigenvalue weighted by atomic mass is 10.0. The first-order valence-electron chi connectivity index (χ1n) is 28.1. The summed E-state index contributed by atoms with van der Waals surface area (Å²) in [6.07, 6.45) is 66.5.